The lowest BCUT2D eigenvalue weighted by Crippen LogP contribution is -2.52. The van der Waals surface area contributed by atoms with Gasteiger partial charge in [0.05, 0.1) is 19.3 Å². The van der Waals surface area contributed by atoms with Gasteiger partial charge in [0.2, 0.25) is 0 Å². The summed E-state index contributed by atoms with van der Waals surface area (Å²) >= 11 is 0. The molecule has 21 heavy (non-hydrogen) atoms. The summed E-state index contributed by atoms with van der Waals surface area (Å²) in [6.45, 7) is 4.35. The Kier molecular flexibility index (Phi) is 3.85. The Morgan fingerprint density at radius 2 is 2.33 bits per heavy atom. The molecule has 1 saturated carbocycles. The zero-order chi connectivity index (χ0) is 14.9. The van der Waals surface area contributed by atoms with Crippen molar-refractivity contribution in [1.82, 2.24) is 10.2 Å². The Labute approximate surface area is 124 Å². The number of ether oxygens (including phenoxy) is 1. The third-order valence-corrected chi connectivity index (χ3v) is 4.50. The highest BCUT2D eigenvalue weighted by Gasteiger charge is 2.44. The highest BCUT2D eigenvalue weighted by molar-refractivity contribution is 5.75. The number of carbonyl (C=O) groups is 1. The van der Waals surface area contributed by atoms with Crippen LogP contribution in [0, 0.1) is 5.82 Å². The summed E-state index contributed by atoms with van der Waals surface area (Å²) in [5.74, 6) is -0.216. The van der Waals surface area contributed by atoms with Gasteiger partial charge in [0.15, 0.2) is 0 Å². The predicted octanol–water partition coefficient (Wildman–Crippen LogP) is 2.29. The zero-order valence-corrected chi connectivity index (χ0v) is 12.3. The fourth-order valence-electron chi connectivity index (χ4n) is 2.91. The van der Waals surface area contributed by atoms with E-state index in [9.17, 15) is 9.18 Å². The molecule has 5 heteroatoms. The summed E-state index contributed by atoms with van der Waals surface area (Å²) in [6.07, 6.45) is 1.99. The minimum Gasteiger partial charge on any atom is -0.377 e. The quantitative estimate of drug-likeness (QED) is 0.928. The highest BCUT2D eigenvalue weighted by atomic mass is 19.1. The van der Waals surface area contributed by atoms with Gasteiger partial charge in [0.25, 0.3) is 0 Å². The Hall–Kier alpha value is -1.62. The van der Waals surface area contributed by atoms with E-state index < -0.39 is 0 Å². The van der Waals surface area contributed by atoms with Crippen LogP contribution in [0.1, 0.15) is 25.3 Å². The van der Waals surface area contributed by atoms with E-state index in [0.29, 0.717) is 26.3 Å². The Morgan fingerprint density at radius 3 is 3.00 bits per heavy atom. The lowest BCUT2D eigenvalue weighted by atomic mass is 9.96. The Morgan fingerprint density at radius 1 is 1.52 bits per heavy atom. The normalized spacial score (nSPS) is 23.7. The van der Waals surface area contributed by atoms with Crippen LogP contribution in [-0.4, -0.2) is 43.3 Å². The minimum atomic E-state index is -0.216. The lowest BCUT2D eigenvalue weighted by Gasteiger charge is -2.33. The van der Waals surface area contributed by atoms with Gasteiger partial charge in [0.1, 0.15) is 5.82 Å². The molecule has 1 heterocycles. The molecule has 2 amide bonds. The van der Waals surface area contributed by atoms with E-state index in [1.54, 1.807) is 12.1 Å². The minimum absolute atomic E-state index is 0.0477. The molecule has 1 aromatic rings. The average molecular weight is 292 g/mol. The summed E-state index contributed by atoms with van der Waals surface area (Å²) in [5.41, 5.74) is 0.908. The topological polar surface area (TPSA) is 41.6 Å². The van der Waals surface area contributed by atoms with Crippen LogP contribution >= 0.6 is 0 Å². The fraction of sp³-hybridized carbons (Fsp3) is 0.562. The van der Waals surface area contributed by atoms with Crippen molar-refractivity contribution < 1.29 is 13.9 Å². The number of nitrogens with one attached hydrogen (secondary N) is 1. The number of hydrogen-bond acceptors (Lipinski definition) is 2. The van der Waals surface area contributed by atoms with Crippen molar-refractivity contribution in [2.24, 2.45) is 0 Å². The molecule has 0 radical (unpaired) electrons. The monoisotopic (exact) mass is 292 g/mol. The van der Waals surface area contributed by atoms with Crippen LogP contribution in [0.15, 0.2) is 24.3 Å². The van der Waals surface area contributed by atoms with Gasteiger partial charge in [0, 0.05) is 18.5 Å². The first kappa shape index (κ1) is 14.3. The molecular formula is C16H21FN2O2. The van der Waals surface area contributed by atoms with Gasteiger partial charge in [-0.2, -0.15) is 0 Å². The number of amides is 2. The van der Waals surface area contributed by atoms with Crippen molar-refractivity contribution in [1.29, 1.82) is 0 Å². The summed E-state index contributed by atoms with van der Waals surface area (Å²) in [6, 6.07) is 6.76. The van der Waals surface area contributed by atoms with E-state index in [2.05, 4.69) is 5.32 Å². The van der Waals surface area contributed by atoms with Crippen LogP contribution in [-0.2, 0) is 10.2 Å². The van der Waals surface area contributed by atoms with Crippen molar-refractivity contribution in [2.45, 2.75) is 31.2 Å². The molecule has 0 spiro atoms. The molecule has 1 aromatic carbocycles. The van der Waals surface area contributed by atoms with Gasteiger partial charge in [-0.1, -0.05) is 12.1 Å². The van der Waals surface area contributed by atoms with E-state index in [4.69, 9.17) is 4.74 Å². The zero-order valence-electron chi connectivity index (χ0n) is 12.3. The number of morpholine rings is 1. The van der Waals surface area contributed by atoms with Crippen LogP contribution in [0.5, 0.6) is 0 Å². The smallest absolute Gasteiger partial charge is 0.317 e. The molecule has 1 aliphatic heterocycles. The average Bonchev–Trinajstić information content (AvgIpc) is 3.26. The van der Waals surface area contributed by atoms with Crippen molar-refractivity contribution in [3.63, 3.8) is 0 Å². The molecule has 1 aliphatic carbocycles. The first-order valence-corrected chi connectivity index (χ1v) is 7.49. The first-order chi connectivity index (χ1) is 10.1. The maximum Gasteiger partial charge on any atom is 0.317 e. The maximum atomic E-state index is 13.4. The van der Waals surface area contributed by atoms with Gasteiger partial charge >= 0.3 is 6.03 Å². The number of rotatable bonds is 3. The number of benzene rings is 1. The third kappa shape index (κ3) is 3.02. The van der Waals surface area contributed by atoms with Gasteiger partial charge in [-0.25, -0.2) is 9.18 Å². The molecule has 0 bridgehead atoms. The van der Waals surface area contributed by atoms with E-state index in [1.807, 2.05) is 17.9 Å². The first-order valence-electron chi connectivity index (χ1n) is 7.49. The summed E-state index contributed by atoms with van der Waals surface area (Å²) in [7, 11) is 0. The molecule has 2 aliphatic rings. The van der Waals surface area contributed by atoms with E-state index >= 15 is 0 Å². The standard InChI is InChI=1S/C16H21FN2O2/c1-12-10-21-8-7-19(12)15(20)18-11-16(5-6-16)13-3-2-4-14(17)9-13/h2-4,9,12H,5-8,10-11H2,1H3,(H,18,20)/t12-/m1/s1. The van der Waals surface area contributed by atoms with Crippen LogP contribution in [0.3, 0.4) is 0 Å². The van der Waals surface area contributed by atoms with Crippen LogP contribution < -0.4 is 5.32 Å². The lowest BCUT2D eigenvalue weighted by molar-refractivity contribution is 0.0189. The Balaban J connectivity index is 1.61. The molecule has 0 aromatic heterocycles. The second-order valence-electron chi connectivity index (χ2n) is 6.07. The number of halogens is 1. The van der Waals surface area contributed by atoms with Crippen LogP contribution in [0.4, 0.5) is 9.18 Å². The maximum absolute atomic E-state index is 13.4. The second-order valence-corrected chi connectivity index (χ2v) is 6.07. The third-order valence-electron chi connectivity index (χ3n) is 4.50. The highest BCUT2D eigenvalue weighted by Crippen LogP contribution is 2.47. The fourth-order valence-corrected chi connectivity index (χ4v) is 2.91. The summed E-state index contributed by atoms with van der Waals surface area (Å²) < 4.78 is 18.7. The molecule has 2 fully saturated rings. The van der Waals surface area contributed by atoms with Gasteiger partial charge in [-0.05, 0) is 37.5 Å². The van der Waals surface area contributed by atoms with Crippen LogP contribution in [0.25, 0.3) is 0 Å². The van der Waals surface area contributed by atoms with Gasteiger partial charge in [-0.15, -0.1) is 0 Å². The SMILES string of the molecule is C[C@@H]1COCCN1C(=O)NCC1(c2cccc(F)c2)CC1. The van der Waals surface area contributed by atoms with Crippen molar-refractivity contribution in [3.8, 4) is 0 Å². The molecule has 4 nitrogen and oxygen atoms in total. The van der Waals surface area contributed by atoms with Crippen molar-refractivity contribution >= 4 is 6.03 Å². The number of hydrogen-bond donors (Lipinski definition) is 1. The van der Waals surface area contributed by atoms with Crippen LogP contribution in [0.2, 0.25) is 0 Å². The van der Waals surface area contributed by atoms with E-state index in [-0.39, 0.29) is 23.3 Å². The number of carbonyl (C=O) groups excluding carboxylic acids is 1. The predicted molar refractivity (Wildman–Crippen MR) is 77.7 cm³/mol. The number of urea groups is 1. The summed E-state index contributed by atoms with van der Waals surface area (Å²) in [5, 5.41) is 3.01. The van der Waals surface area contributed by atoms with Gasteiger partial charge in [-0.3, -0.25) is 0 Å². The molecule has 114 valence electrons. The van der Waals surface area contributed by atoms with E-state index in [0.717, 1.165) is 18.4 Å². The molecular weight excluding hydrogens is 271 g/mol. The molecule has 1 N–H and O–H groups in total. The van der Waals surface area contributed by atoms with Gasteiger partial charge < -0.3 is 15.0 Å². The number of nitrogens with zero attached hydrogens (tertiary/aromatic N) is 1. The Bertz CT molecular complexity index is 531. The largest absolute Gasteiger partial charge is 0.377 e. The van der Waals surface area contributed by atoms with Crippen molar-refractivity contribution in [2.75, 3.05) is 26.3 Å². The second kappa shape index (κ2) is 5.64. The van der Waals surface area contributed by atoms with Crippen molar-refractivity contribution in [3.05, 3.63) is 35.6 Å². The summed E-state index contributed by atoms with van der Waals surface area (Å²) in [4.78, 5) is 14.1. The molecule has 1 atom stereocenters. The molecule has 1 saturated heterocycles. The van der Waals surface area contributed by atoms with E-state index in [1.165, 1.54) is 6.07 Å². The molecule has 0 unspecified atom stereocenters. The molecule has 3 rings (SSSR count).